The molecule has 68 valence electrons. The van der Waals surface area contributed by atoms with Crippen molar-refractivity contribution in [3.63, 3.8) is 0 Å². The number of esters is 1. The Morgan fingerprint density at radius 1 is 1.46 bits per heavy atom. The minimum atomic E-state index is -0.422. The fourth-order valence-electron chi connectivity index (χ4n) is 0.985. The van der Waals surface area contributed by atoms with Crippen molar-refractivity contribution in [1.82, 2.24) is 0 Å². The average Bonchev–Trinajstić information content (AvgIpc) is 2.13. The second-order valence-corrected chi connectivity index (χ2v) is 2.82. The second-order valence-electron chi connectivity index (χ2n) is 2.82. The molecule has 1 aromatic rings. The van der Waals surface area contributed by atoms with Crippen LogP contribution in [-0.2, 0) is 4.79 Å². The zero-order chi connectivity index (χ0) is 9.84. The average molecular weight is 176 g/mol. The summed E-state index contributed by atoms with van der Waals surface area (Å²) in [5.74, 6) is 0.179. The van der Waals surface area contributed by atoms with Crippen molar-refractivity contribution in [3.05, 3.63) is 42.0 Å². The van der Waals surface area contributed by atoms with E-state index < -0.39 is 5.97 Å². The van der Waals surface area contributed by atoms with Crippen molar-refractivity contribution in [1.29, 1.82) is 0 Å². The van der Waals surface area contributed by atoms with Gasteiger partial charge < -0.3 is 4.74 Å². The number of hydrogen-bond donors (Lipinski definition) is 0. The van der Waals surface area contributed by atoms with Gasteiger partial charge in [-0.2, -0.15) is 0 Å². The summed E-state index contributed by atoms with van der Waals surface area (Å²) in [6.07, 6.45) is 1.15. The lowest BCUT2D eigenvalue weighted by atomic mass is 10.1. The van der Waals surface area contributed by atoms with Gasteiger partial charge in [-0.25, -0.2) is 4.79 Å². The molecular formula is C11H12O2. The summed E-state index contributed by atoms with van der Waals surface area (Å²) in [5.41, 5.74) is 2.09. The molecule has 2 heteroatoms. The lowest BCUT2D eigenvalue weighted by Gasteiger charge is -2.06. The third-order valence-electron chi connectivity index (χ3n) is 1.93. The summed E-state index contributed by atoms with van der Waals surface area (Å²) >= 11 is 0. The van der Waals surface area contributed by atoms with Crippen LogP contribution in [0.1, 0.15) is 11.1 Å². The molecule has 0 atom stereocenters. The summed E-state index contributed by atoms with van der Waals surface area (Å²) in [4.78, 5) is 10.9. The van der Waals surface area contributed by atoms with E-state index in [0.717, 1.165) is 17.2 Å². The maximum absolute atomic E-state index is 10.9. The highest BCUT2D eigenvalue weighted by atomic mass is 16.5. The molecule has 0 fully saturated rings. The Balaban J connectivity index is 2.95. The van der Waals surface area contributed by atoms with E-state index in [1.807, 2.05) is 26.0 Å². The maximum Gasteiger partial charge on any atom is 0.335 e. The van der Waals surface area contributed by atoms with E-state index in [-0.39, 0.29) is 0 Å². The molecule has 0 spiro atoms. The minimum Gasteiger partial charge on any atom is -0.423 e. The molecule has 0 radical (unpaired) electrons. The predicted molar refractivity (Wildman–Crippen MR) is 51.7 cm³/mol. The first-order valence-electron chi connectivity index (χ1n) is 4.05. The number of benzene rings is 1. The van der Waals surface area contributed by atoms with Gasteiger partial charge in [0.2, 0.25) is 0 Å². The molecule has 0 saturated heterocycles. The summed E-state index contributed by atoms with van der Waals surface area (Å²) in [7, 11) is 0. The van der Waals surface area contributed by atoms with Crippen LogP contribution in [0.4, 0.5) is 0 Å². The summed E-state index contributed by atoms with van der Waals surface area (Å²) < 4.78 is 5.02. The number of carbonyl (C=O) groups is 1. The third kappa shape index (κ3) is 2.18. The van der Waals surface area contributed by atoms with Crippen LogP contribution in [0, 0.1) is 13.8 Å². The molecule has 2 nitrogen and oxygen atoms in total. The molecule has 0 heterocycles. The van der Waals surface area contributed by atoms with Gasteiger partial charge in [-0.15, -0.1) is 0 Å². The third-order valence-corrected chi connectivity index (χ3v) is 1.93. The lowest BCUT2D eigenvalue weighted by molar-refractivity contribution is -0.129. The minimum absolute atomic E-state index is 0.422. The van der Waals surface area contributed by atoms with Gasteiger partial charge in [0.25, 0.3) is 0 Å². The summed E-state index contributed by atoms with van der Waals surface area (Å²) in [5, 5.41) is 0. The summed E-state index contributed by atoms with van der Waals surface area (Å²) in [6.45, 7) is 7.22. The molecule has 1 aromatic carbocycles. The van der Waals surface area contributed by atoms with Gasteiger partial charge in [0.05, 0.1) is 0 Å². The quantitative estimate of drug-likeness (QED) is 0.393. The molecule has 0 aliphatic heterocycles. The fourth-order valence-corrected chi connectivity index (χ4v) is 0.985. The smallest absolute Gasteiger partial charge is 0.335 e. The first-order valence-corrected chi connectivity index (χ1v) is 4.05. The Morgan fingerprint density at radius 3 is 2.77 bits per heavy atom. The van der Waals surface area contributed by atoms with Crippen LogP contribution in [0.3, 0.4) is 0 Å². The van der Waals surface area contributed by atoms with Crippen LogP contribution in [0.25, 0.3) is 0 Å². The Labute approximate surface area is 77.8 Å². The molecule has 0 bridgehead atoms. The fraction of sp³-hybridized carbons (Fsp3) is 0.182. The molecular weight excluding hydrogens is 164 g/mol. The molecule has 0 aliphatic carbocycles. The van der Waals surface area contributed by atoms with Crippen LogP contribution in [0.2, 0.25) is 0 Å². The molecule has 0 amide bonds. The Bertz CT molecular complexity index is 340. The van der Waals surface area contributed by atoms with E-state index in [9.17, 15) is 4.79 Å². The molecule has 0 saturated carbocycles. The number of rotatable bonds is 2. The molecule has 0 aromatic heterocycles. The topological polar surface area (TPSA) is 26.3 Å². The van der Waals surface area contributed by atoms with E-state index in [0.29, 0.717) is 5.75 Å². The van der Waals surface area contributed by atoms with Crippen molar-refractivity contribution >= 4 is 5.97 Å². The van der Waals surface area contributed by atoms with Gasteiger partial charge in [-0.05, 0) is 31.0 Å². The Kier molecular flexibility index (Phi) is 2.85. The second kappa shape index (κ2) is 3.90. The zero-order valence-electron chi connectivity index (χ0n) is 7.83. The van der Waals surface area contributed by atoms with Crippen molar-refractivity contribution in [2.24, 2.45) is 0 Å². The van der Waals surface area contributed by atoms with E-state index >= 15 is 0 Å². The van der Waals surface area contributed by atoms with Crippen molar-refractivity contribution in [3.8, 4) is 5.75 Å². The predicted octanol–water partition coefficient (Wildman–Crippen LogP) is 2.39. The van der Waals surface area contributed by atoms with E-state index in [2.05, 4.69) is 6.58 Å². The highest BCUT2D eigenvalue weighted by Gasteiger charge is 2.04. The van der Waals surface area contributed by atoms with Gasteiger partial charge in [-0.3, -0.25) is 0 Å². The standard InChI is InChI=1S/C11H12O2/c1-4-11(12)13-10-7-5-6-8(2)9(10)3/h4-7H,1H2,2-3H3. The molecule has 0 N–H and O–H groups in total. The van der Waals surface area contributed by atoms with Crippen molar-refractivity contribution < 1.29 is 9.53 Å². The number of carbonyl (C=O) groups excluding carboxylic acids is 1. The highest BCUT2D eigenvalue weighted by molar-refractivity contribution is 5.83. The number of aryl methyl sites for hydroxylation is 1. The van der Waals surface area contributed by atoms with Crippen LogP contribution < -0.4 is 4.74 Å². The van der Waals surface area contributed by atoms with E-state index in [4.69, 9.17) is 4.74 Å². The van der Waals surface area contributed by atoms with Crippen molar-refractivity contribution in [2.75, 3.05) is 0 Å². The first kappa shape index (κ1) is 9.52. The number of ether oxygens (including phenoxy) is 1. The van der Waals surface area contributed by atoms with Crippen LogP contribution in [0.5, 0.6) is 5.75 Å². The molecule has 1 rings (SSSR count). The van der Waals surface area contributed by atoms with Gasteiger partial charge in [-0.1, -0.05) is 18.7 Å². The van der Waals surface area contributed by atoms with Gasteiger partial charge in [0.1, 0.15) is 5.75 Å². The van der Waals surface area contributed by atoms with Gasteiger partial charge >= 0.3 is 5.97 Å². The Morgan fingerprint density at radius 2 is 2.15 bits per heavy atom. The lowest BCUT2D eigenvalue weighted by Crippen LogP contribution is -2.04. The van der Waals surface area contributed by atoms with E-state index in [1.165, 1.54) is 0 Å². The molecule has 0 unspecified atom stereocenters. The van der Waals surface area contributed by atoms with E-state index in [1.54, 1.807) is 6.07 Å². The van der Waals surface area contributed by atoms with Gasteiger partial charge in [0.15, 0.2) is 0 Å². The molecule has 13 heavy (non-hydrogen) atoms. The Hall–Kier alpha value is -1.57. The first-order chi connectivity index (χ1) is 6.15. The molecule has 0 aliphatic rings. The normalized spacial score (nSPS) is 9.38. The highest BCUT2D eigenvalue weighted by Crippen LogP contribution is 2.20. The monoisotopic (exact) mass is 176 g/mol. The van der Waals surface area contributed by atoms with Crippen LogP contribution >= 0.6 is 0 Å². The SMILES string of the molecule is C=CC(=O)Oc1cccc(C)c1C. The zero-order valence-corrected chi connectivity index (χ0v) is 7.83. The van der Waals surface area contributed by atoms with Crippen LogP contribution in [0.15, 0.2) is 30.9 Å². The maximum atomic E-state index is 10.9. The van der Waals surface area contributed by atoms with Gasteiger partial charge in [0, 0.05) is 6.08 Å². The van der Waals surface area contributed by atoms with Crippen LogP contribution in [-0.4, -0.2) is 5.97 Å². The summed E-state index contributed by atoms with van der Waals surface area (Å²) in [6, 6.07) is 5.60. The van der Waals surface area contributed by atoms with Crippen molar-refractivity contribution in [2.45, 2.75) is 13.8 Å². The number of hydrogen-bond acceptors (Lipinski definition) is 2. The largest absolute Gasteiger partial charge is 0.423 e.